The van der Waals surface area contributed by atoms with E-state index in [9.17, 15) is 9.59 Å². The average Bonchev–Trinajstić information content (AvgIpc) is 3.06. The van der Waals surface area contributed by atoms with E-state index in [1.165, 1.54) is 13.2 Å². The molecule has 0 unspecified atom stereocenters. The van der Waals surface area contributed by atoms with Gasteiger partial charge in [0.25, 0.3) is 0 Å². The SMILES string of the molecule is COC(=O)CCc1ccc(C=CC(=O)Nc2cccc(SC)c2)o1. The molecule has 6 heteroatoms. The van der Waals surface area contributed by atoms with Crippen molar-refractivity contribution < 1.29 is 18.7 Å². The minimum absolute atomic E-state index is 0.235. The Balaban J connectivity index is 1.89. The molecule has 1 aromatic heterocycles. The van der Waals surface area contributed by atoms with E-state index >= 15 is 0 Å². The van der Waals surface area contributed by atoms with E-state index in [1.54, 1.807) is 30.0 Å². The number of esters is 1. The van der Waals surface area contributed by atoms with Gasteiger partial charge in [-0.2, -0.15) is 0 Å². The number of carbonyl (C=O) groups excluding carboxylic acids is 2. The van der Waals surface area contributed by atoms with Gasteiger partial charge in [-0.3, -0.25) is 9.59 Å². The van der Waals surface area contributed by atoms with Gasteiger partial charge in [-0.15, -0.1) is 11.8 Å². The summed E-state index contributed by atoms with van der Waals surface area (Å²) in [4.78, 5) is 24.1. The highest BCUT2D eigenvalue weighted by molar-refractivity contribution is 7.98. The molecule has 0 radical (unpaired) electrons. The van der Waals surface area contributed by atoms with Crippen molar-refractivity contribution in [2.75, 3.05) is 18.7 Å². The number of ether oxygens (including phenoxy) is 1. The number of hydrogen-bond donors (Lipinski definition) is 1. The summed E-state index contributed by atoms with van der Waals surface area (Å²) in [6, 6.07) is 11.2. The second-order valence-corrected chi connectivity index (χ2v) is 5.81. The molecular weight excluding hydrogens is 326 g/mol. The summed E-state index contributed by atoms with van der Waals surface area (Å²) in [7, 11) is 1.35. The van der Waals surface area contributed by atoms with Crippen LogP contribution in [-0.2, 0) is 20.7 Å². The maximum absolute atomic E-state index is 11.9. The number of methoxy groups -OCH3 is 1. The Morgan fingerprint density at radius 1 is 1.29 bits per heavy atom. The number of hydrogen-bond acceptors (Lipinski definition) is 5. The standard InChI is InChI=1S/C18H19NO4S/c1-22-18(21)11-9-15-7-6-14(23-15)8-10-17(20)19-13-4-3-5-16(12-13)24-2/h3-8,10,12H,9,11H2,1-2H3,(H,19,20). The molecule has 0 bridgehead atoms. The van der Waals surface area contributed by atoms with E-state index in [1.807, 2.05) is 30.5 Å². The van der Waals surface area contributed by atoms with Crippen LogP contribution in [0.15, 0.2) is 51.8 Å². The Bertz CT molecular complexity index is 736. The van der Waals surface area contributed by atoms with Crippen molar-refractivity contribution in [2.24, 2.45) is 0 Å². The summed E-state index contributed by atoms with van der Waals surface area (Å²) in [6.07, 6.45) is 5.72. The molecule has 24 heavy (non-hydrogen) atoms. The van der Waals surface area contributed by atoms with Gasteiger partial charge in [-0.05, 0) is 42.7 Å². The Hall–Kier alpha value is -2.47. The van der Waals surface area contributed by atoms with Crippen LogP contribution in [0.4, 0.5) is 5.69 Å². The van der Waals surface area contributed by atoms with Crippen molar-refractivity contribution >= 4 is 35.4 Å². The van der Waals surface area contributed by atoms with Gasteiger partial charge >= 0.3 is 5.97 Å². The molecule has 0 aliphatic carbocycles. The highest BCUT2D eigenvalue weighted by Gasteiger charge is 2.05. The number of anilines is 1. The van der Waals surface area contributed by atoms with Crippen molar-refractivity contribution in [1.82, 2.24) is 0 Å². The monoisotopic (exact) mass is 345 g/mol. The smallest absolute Gasteiger partial charge is 0.305 e. The number of thioether (sulfide) groups is 1. The number of furan rings is 1. The number of benzene rings is 1. The first kappa shape index (κ1) is 17.9. The molecule has 0 saturated carbocycles. The lowest BCUT2D eigenvalue weighted by Crippen LogP contribution is -2.07. The van der Waals surface area contributed by atoms with Crippen LogP contribution in [0.3, 0.4) is 0 Å². The van der Waals surface area contributed by atoms with Crippen molar-refractivity contribution in [3.8, 4) is 0 Å². The lowest BCUT2D eigenvalue weighted by atomic mass is 10.2. The largest absolute Gasteiger partial charge is 0.469 e. The van der Waals surface area contributed by atoms with Crippen LogP contribution in [0.25, 0.3) is 6.08 Å². The minimum atomic E-state index is -0.282. The van der Waals surface area contributed by atoms with E-state index in [0.29, 0.717) is 17.9 Å². The third kappa shape index (κ3) is 5.62. The molecule has 1 aromatic carbocycles. The average molecular weight is 345 g/mol. The van der Waals surface area contributed by atoms with Crippen LogP contribution < -0.4 is 5.32 Å². The Labute approximate surface area is 145 Å². The number of carbonyl (C=O) groups is 2. The molecule has 0 spiro atoms. The Kier molecular flexibility index (Phi) is 6.69. The zero-order valence-corrected chi connectivity index (χ0v) is 14.4. The van der Waals surface area contributed by atoms with E-state index in [0.717, 1.165) is 10.6 Å². The van der Waals surface area contributed by atoms with Crippen LogP contribution in [0.5, 0.6) is 0 Å². The van der Waals surface area contributed by atoms with E-state index in [2.05, 4.69) is 10.1 Å². The first-order chi connectivity index (χ1) is 11.6. The molecule has 0 atom stereocenters. The van der Waals surface area contributed by atoms with Gasteiger partial charge in [0.2, 0.25) is 5.91 Å². The van der Waals surface area contributed by atoms with Crippen LogP contribution in [0, 0.1) is 0 Å². The number of rotatable bonds is 7. The predicted molar refractivity (Wildman–Crippen MR) is 94.9 cm³/mol. The van der Waals surface area contributed by atoms with Gasteiger partial charge in [0.15, 0.2) is 0 Å². The molecule has 2 aromatic rings. The lowest BCUT2D eigenvalue weighted by molar-refractivity contribution is -0.140. The third-order valence-electron chi connectivity index (χ3n) is 3.22. The highest BCUT2D eigenvalue weighted by atomic mass is 32.2. The van der Waals surface area contributed by atoms with Gasteiger partial charge < -0.3 is 14.5 Å². The number of amides is 1. The fourth-order valence-electron chi connectivity index (χ4n) is 1.99. The van der Waals surface area contributed by atoms with Gasteiger partial charge in [-0.1, -0.05) is 6.07 Å². The summed E-state index contributed by atoms with van der Waals surface area (Å²) in [5, 5.41) is 2.80. The molecule has 0 aliphatic heterocycles. The molecule has 1 N–H and O–H groups in total. The maximum atomic E-state index is 11.9. The molecule has 0 fully saturated rings. The van der Waals surface area contributed by atoms with Gasteiger partial charge in [0.05, 0.1) is 13.5 Å². The summed E-state index contributed by atoms with van der Waals surface area (Å²) < 4.78 is 10.1. The van der Waals surface area contributed by atoms with Crippen molar-refractivity contribution in [3.05, 3.63) is 54.0 Å². The molecule has 0 saturated heterocycles. The van der Waals surface area contributed by atoms with E-state index in [-0.39, 0.29) is 18.3 Å². The minimum Gasteiger partial charge on any atom is -0.469 e. The zero-order valence-electron chi connectivity index (χ0n) is 13.6. The molecule has 1 amide bonds. The summed E-state index contributed by atoms with van der Waals surface area (Å²) in [5.74, 6) is 0.715. The van der Waals surface area contributed by atoms with Crippen molar-refractivity contribution in [1.29, 1.82) is 0 Å². The molecule has 0 aliphatic rings. The first-order valence-corrected chi connectivity index (χ1v) is 8.62. The fraction of sp³-hybridized carbons (Fsp3) is 0.222. The lowest BCUT2D eigenvalue weighted by Gasteiger charge is -2.03. The van der Waals surface area contributed by atoms with Gasteiger partial charge in [0, 0.05) is 23.1 Å². The molecule has 2 rings (SSSR count). The highest BCUT2D eigenvalue weighted by Crippen LogP contribution is 2.19. The molecule has 5 nitrogen and oxygen atoms in total. The topological polar surface area (TPSA) is 68.5 Å². The van der Waals surface area contributed by atoms with Gasteiger partial charge in [0.1, 0.15) is 11.5 Å². The Morgan fingerprint density at radius 3 is 2.88 bits per heavy atom. The molecule has 126 valence electrons. The predicted octanol–water partition coefficient (Wildman–Crippen LogP) is 3.76. The van der Waals surface area contributed by atoms with Crippen LogP contribution in [-0.4, -0.2) is 25.2 Å². The third-order valence-corrected chi connectivity index (χ3v) is 3.95. The van der Waals surface area contributed by atoms with E-state index < -0.39 is 0 Å². The maximum Gasteiger partial charge on any atom is 0.305 e. The van der Waals surface area contributed by atoms with Crippen molar-refractivity contribution in [3.63, 3.8) is 0 Å². The normalized spacial score (nSPS) is 10.8. The van der Waals surface area contributed by atoms with Crippen LogP contribution in [0.1, 0.15) is 17.9 Å². The number of nitrogens with one attached hydrogen (secondary N) is 1. The second kappa shape index (κ2) is 8.98. The molecular formula is C18H19NO4S. The summed E-state index contributed by atoms with van der Waals surface area (Å²) in [5.41, 5.74) is 0.745. The number of aryl methyl sites for hydroxylation is 1. The van der Waals surface area contributed by atoms with Crippen LogP contribution in [0.2, 0.25) is 0 Å². The zero-order chi connectivity index (χ0) is 17.4. The summed E-state index contributed by atoms with van der Waals surface area (Å²) >= 11 is 1.61. The summed E-state index contributed by atoms with van der Waals surface area (Å²) in [6.45, 7) is 0. The first-order valence-electron chi connectivity index (χ1n) is 7.39. The molecule has 1 heterocycles. The quantitative estimate of drug-likeness (QED) is 0.470. The second-order valence-electron chi connectivity index (χ2n) is 4.93. The van der Waals surface area contributed by atoms with Crippen molar-refractivity contribution in [2.45, 2.75) is 17.7 Å². The Morgan fingerprint density at radius 2 is 2.12 bits per heavy atom. The van der Waals surface area contributed by atoms with E-state index in [4.69, 9.17) is 4.42 Å². The van der Waals surface area contributed by atoms with Crippen LogP contribution >= 0.6 is 11.8 Å². The van der Waals surface area contributed by atoms with Gasteiger partial charge in [-0.25, -0.2) is 0 Å². The fourth-order valence-corrected chi connectivity index (χ4v) is 2.45.